The minimum Gasteiger partial charge on any atom is -0.493 e. The zero-order valence-electron chi connectivity index (χ0n) is 11.1. The minimum absolute atomic E-state index is 0.151. The van der Waals surface area contributed by atoms with E-state index in [9.17, 15) is 9.18 Å². The van der Waals surface area contributed by atoms with E-state index >= 15 is 0 Å². The molecule has 0 aliphatic rings. The van der Waals surface area contributed by atoms with Gasteiger partial charge in [-0.25, -0.2) is 4.39 Å². The number of carbonyl (C=O) groups is 1. The molecule has 0 aromatic heterocycles. The van der Waals surface area contributed by atoms with Crippen LogP contribution >= 0.6 is 15.9 Å². The molecule has 0 heterocycles. The summed E-state index contributed by atoms with van der Waals surface area (Å²) >= 11 is 3.25. The van der Waals surface area contributed by atoms with Gasteiger partial charge in [-0.2, -0.15) is 0 Å². The Morgan fingerprint density at radius 3 is 2.86 bits per heavy atom. The topological polar surface area (TPSA) is 64.3 Å². The van der Waals surface area contributed by atoms with Gasteiger partial charge < -0.3 is 15.8 Å². The Hall–Kier alpha value is -2.08. The number of nitrogens with two attached hydrogens (primary N) is 1. The fourth-order valence-corrected chi connectivity index (χ4v) is 2.02. The average molecular weight is 353 g/mol. The predicted octanol–water partition coefficient (Wildman–Crippen LogP) is 3.58. The van der Waals surface area contributed by atoms with E-state index < -0.39 is 5.82 Å². The molecule has 0 bridgehead atoms. The number of halogens is 2. The van der Waals surface area contributed by atoms with Crippen LogP contribution in [0.5, 0.6) is 5.75 Å². The summed E-state index contributed by atoms with van der Waals surface area (Å²) in [6, 6.07) is 11.1. The maximum Gasteiger partial charge on any atom is 0.227 e. The lowest BCUT2D eigenvalue weighted by atomic mass is 10.3. The Balaban J connectivity index is 1.84. The third-order valence-electron chi connectivity index (χ3n) is 2.66. The van der Waals surface area contributed by atoms with Gasteiger partial charge in [-0.15, -0.1) is 0 Å². The van der Waals surface area contributed by atoms with Crippen molar-refractivity contribution in [2.24, 2.45) is 0 Å². The van der Waals surface area contributed by atoms with Gasteiger partial charge in [0.2, 0.25) is 5.91 Å². The summed E-state index contributed by atoms with van der Waals surface area (Å²) in [5.41, 5.74) is 6.61. The molecule has 0 fully saturated rings. The van der Waals surface area contributed by atoms with E-state index in [1.165, 1.54) is 18.2 Å². The number of hydrogen-bond donors (Lipinski definition) is 2. The summed E-state index contributed by atoms with van der Waals surface area (Å²) in [5.74, 6) is -0.0653. The van der Waals surface area contributed by atoms with Crippen molar-refractivity contribution < 1.29 is 13.9 Å². The van der Waals surface area contributed by atoms with Gasteiger partial charge in [-0.05, 0) is 46.3 Å². The molecule has 2 aromatic rings. The first kappa shape index (κ1) is 15.3. The van der Waals surface area contributed by atoms with E-state index in [-0.39, 0.29) is 18.9 Å². The molecule has 0 saturated carbocycles. The van der Waals surface area contributed by atoms with E-state index in [0.717, 1.165) is 0 Å². The largest absolute Gasteiger partial charge is 0.493 e. The third-order valence-corrected chi connectivity index (χ3v) is 3.35. The molecule has 3 N–H and O–H groups in total. The van der Waals surface area contributed by atoms with E-state index in [2.05, 4.69) is 21.2 Å². The van der Waals surface area contributed by atoms with Crippen LogP contribution in [0.25, 0.3) is 0 Å². The Morgan fingerprint density at radius 1 is 1.29 bits per heavy atom. The summed E-state index contributed by atoms with van der Waals surface area (Å²) in [6.07, 6.45) is 0.151. The van der Waals surface area contributed by atoms with E-state index in [0.29, 0.717) is 21.6 Å². The molecule has 0 atom stereocenters. The van der Waals surface area contributed by atoms with Crippen LogP contribution in [0.2, 0.25) is 0 Å². The Morgan fingerprint density at radius 2 is 2.10 bits per heavy atom. The van der Waals surface area contributed by atoms with Crippen molar-refractivity contribution in [3.05, 3.63) is 52.8 Å². The van der Waals surface area contributed by atoms with Gasteiger partial charge in [0, 0.05) is 16.2 Å². The number of rotatable bonds is 5. The number of anilines is 2. The van der Waals surface area contributed by atoms with Crippen LogP contribution in [0.4, 0.5) is 15.8 Å². The molecule has 4 nitrogen and oxygen atoms in total. The van der Waals surface area contributed by atoms with Crippen LogP contribution in [-0.2, 0) is 4.79 Å². The molecule has 110 valence electrons. The first-order valence-corrected chi connectivity index (χ1v) is 7.07. The smallest absolute Gasteiger partial charge is 0.227 e. The van der Waals surface area contributed by atoms with Crippen LogP contribution in [-0.4, -0.2) is 12.5 Å². The average Bonchev–Trinajstić information content (AvgIpc) is 2.43. The number of benzene rings is 2. The van der Waals surface area contributed by atoms with Crippen molar-refractivity contribution >= 4 is 33.2 Å². The highest BCUT2D eigenvalue weighted by atomic mass is 79.9. The Labute approximate surface area is 130 Å². The van der Waals surface area contributed by atoms with Gasteiger partial charge in [-0.3, -0.25) is 4.79 Å². The van der Waals surface area contributed by atoms with Gasteiger partial charge >= 0.3 is 0 Å². The van der Waals surface area contributed by atoms with Crippen LogP contribution in [0.3, 0.4) is 0 Å². The van der Waals surface area contributed by atoms with Gasteiger partial charge in [-0.1, -0.05) is 6.07 Å². The molecule has 0 aliphatic carbocycles. The van der Waals surface area contributed by atoms with Crippen LogP contribution in [0.1, 0.15) is 6.42 Å². The minimum atomic E-state index is -0.412. The van der Waals surface area contributed by atoms with E-state index in [1.807, 2.05) is 0 Å². The number of hydrogen-bond acceptors (Lipinski definition) is 3. The van der Waals surface area contributed by atoms with Crippen molar-refractivity contribution in [1.29, 1.82) is 0 Å². The standard InChI is InChI=1S/C15H14BrFN2O2/c16-13-5-4-10(17)8-14(13)19-15(20)6-7-21-12-3-1-2-11(18)9-12/h1-5,8-9H,6-7,18H2,(H,19,20). The SMILES string of the molecule is Nc1cccc(OCCC(=O)Nc2cc(F)ccc2Br)c1. The quantitative estimate of drug-likeness (QED) is 0.808. The summed E-state index contributed by atoms with van der Waals surface area (Å²) in [6.45, 7) is 0.211. The number of ether oxygens (including phenoxy) is 1. The molecule has 1 amide bonds. The molecule has 0 unspecified atom stereocenters. The molecule has 0 saturated heterocycles. The Bertz CT molecular complexity index is 649. The number of nitrogens with one attached hydrogen (secondary N) is 1. The highest BCUT2D eigenvalue weighted by Gasteiger charge is 2.07. The second kappa shape index (κ2) is 7.08. The van der Waals surface area contributed by atoms with Crippen molar-refractivity contribution in [2.45, 2.75) is 6.42 Å². The summed E-state index contributed by atoms with van der Waals surface area (Å²) in [7, 11) is 0. The lowest BCUT2D eigenvalue weighted by molar-refractivity contribution is -0.116. The highest BCUT2D eigenvalue weighted by molar-refractivity contribution is 9.10. The maximum atomic E-state index is 13.1. The second-order valence-corrected chi connectivity index (χ2v) is 5.20. The predicted molar refractivity (Wildman–Crippen MR) is 83.7 cm³/mol. The van der Waals surface area contributed by atoms with Crippen molar-refractivity contribution in [3.63, 3.8) is 0 Å². The van der Waals surface area contributed by atoms with E-state index in [4.69, 9.17) is 10.5 Å². The highest BCUT2D eigenvalue weighted by Crippen LogP contribution is 2.23. The van der Waals surface area contributed by atoms with Crippen molar-refractivity contribution in [2.75, 3.05) is 17.7 Å². The third kappa shape index (κ3) is 4.75. The lowest BCUT2D eigenvalue weighted by Gasteiger charge is -2.09. The van der Waals surface area contributed by atoms with Crippen molar-refractivity contribution in [3.8, 4) is 5.75 Å². The molecular weight excluding hydrogens is 339 g/mol. The first-order chi connectivity index (χ1) is 10.0. The zero-order chi connectivity index (χ0) is 15.2. The molecular formula is C15H14BrFN2O2. The molecule has 0 aliphatic heterocycles. The van der Waals surface area contributed by atoms with Gasteiger partial charge in [0.15, 0.2) is 0 Å². The van der Waals surface area contributed by atoms with Gasteiger partial charge in [0.25, 0.3) is 0 Å². The lowest BCUT2D eigenvalue weighted by Crippen LogP contribution is -2.15. The summed E-state index contributed by atoms with van der Waals surface area (Å²) in [4.78, 5) is 11.8. The first-order valence-electron chi connectivity index (χ1n) is 6.28. The molecule has 2 aromatic carbocycles. The monoisotopic (exact) mass is 352 g/mol. The normalized spacial score (nSPS) is 10.2. The fraction of sp³-hybridized carbons (Fsp3) is 0.133. The number of nitrogen functional groups attached to an aromatic ring is 1. The molecule has 0 radical (unpaired) electrons. The Kier molecular flexibility index (Phi) is 5.16. The van der Waals surface area contributed by atoms with Crippen LogP contribution in [0, 0.1) is 5.82 Å². The van der Waals surface area contributed by atoms with Gasteiger partial charge in [0.05, 0.1) is 18.7 Å². The molecule has 6 heteroatoms. The summed E-state index contributed by atoms with van der Waals surface area (Å²) in [5, 5.41) is 2.62. The molecule has 2 rings (SSSR count). The summed E-state index contributed by atoms with van der Waals surface area (Å²) < 4.78 is 19.1. The van der Waals surface area contributed by atoms with Crippen molar-refractivity contribution in [1.82, 2.24) is 0 Å². The molecule has 21 heavy (non-hydrogen) atoms. The second-order valence-electron chi connectivity index (χ2n) is 4.34. The number of amides is 1. The fourth-order valence-electron chi connectivity index (χ4n) is 1.67. The maximum absolute atomic E-state index is 13.1. The van der Waals surface area contributed by atoms with E-state index in [1.54, 1.807) is 24.3 Å². The zero-order valence-corrected chi connectivity index (χ0v) is 12.7. The van der Waals surface area contributed by atoms with Crippen LogP contribution in [0.15, 0.2) is 46.9 Å². The number of carbonyl (C=O) groups excluding carboxylic acids is 1. The molecule has 0 spiro atoms. The van der Waals surface area contributed by atoms with Crippen LogP contribution < -0.4 is 15.8 Å². The van der Waals surface area contributed by atoms with Gasteiger partial charge in [0.1, 0.15) is 11.6 Å².